The highest BCUT2D eigenvalue weighted by Gasteiger charge is 2.23. The molecule has 1 N–H and O–H groups in total. The lowest BCUT2D eigenvalue weighted by Crippen LogP contribution is -2.41. The molecule has 5 heteroatoms. The van der Waals surface area contributed by atoms with Crippen molar-refractivity contribution in [3.05, 3.63) is 35.8 Å². The van der Waals surface area contributed by atoms with Crippen LogP contribution in [0.2, 0.25) is 0 Å². The fraction of sp³-hybridized carbons (Fsp3) is 0.600. The van der Waals surface area contributed by atoms with Gasteiger partial charge < -0.3 is 5.32 Å². The van der Waals surface area contributed by atoms with Gasteiger partial charge in [-0.2, -0.15) is 0 Å². The van der Waals surface area contributed by atoms with E-state index in [4.69, 9.17) is 0 Å². The Morgan fingerprint density at radius 1 is 1.24 bits per heavy atom. The maximum Gasteiger partial charge on any atom is 0.116 e. The summed E-state index contributed by atoms with van der Waals surface area (Å²) in [6.07, 6.45) is 9.40. The van der Waals surface area contributed by atoms with Crippen LogP contribution >= 0.6 is 0 Å². The standard InChI is InChI=1S/C20H29N3OS/c1-14-4-9-19-18(10-14)20(22-13-21-19)11-16-5-7-17(8-6-16)23-15(2)12-25(3)24/h4,9-10,13,15-17,23H,5-8,11-12H2,1-3H3. The van der Waals surface area contributed by atoms with Gasteiger partial charge in [-0.15, -0.1) is 0 Å². The van der Waals surface area contributed by atoms with E-state index >= 15 is 0 Å². The van der Waals surface area contributed by atoms with Crippen LogP contribution in [0.1, 0.15) is 43.9 Å². The fourth-order valence-corrected chi connectivity index (χ4v) is 4.80. The molecule has 0 bridgehead atoms. The van der Waals surface area contributed by atoms with Crippen LogP contribution < -0.4 is 5.32 Å². The first kappa shape index (κ1) is 18.5. The molecule has 1 aliphatic carbocycles. The quantitative estimate of drug-likeness (QED) is 0.859. The van der Waals surface area contributed by atoms with Crippen molar-refractivity contribution in [1.82, 2.24) is 15.3 Å². The molecular weight excluding hydrogens is 330 g/mol. The van der Waals surface area contributed by atoms with E-state index in [9.17, 15) is 4.21 Å². The third-order valence-corrected chi connectivity index (χ3v) is 6.18. The SMILES string of the molecule is Cc1ccc2ncnc(CC3CCC(NC(C)CS(C)=O)CC3)c2c1. The Morgan fingerprint density at radius 3 is 2.72 bits per heavy atom. The number of hydrogen-bond donors (Lipinski definition) is 1. The predicted molar refractivity (Wildman–Crippen MR) is 105 cm³/mol. The summed E-state index contributed by atoms with van der Waals surface area (Å²) in [6, 6.07) is 7.32. The number of aryl methyl sites for hydroxylation is 1. The molecular formula is C20H29N3OS. The van der Waals surface area contributed by atoms with Gasteiger partial charge in [-0.3, -0.25) is 4.21 Å². The molecule has 0 spiro atoms. The van der Waals surface area contributed by atoms with Crippen molar-refractivity contribution in [2.45, 2.75) is 58.0 Å². The Kier molecular flexibility index (Phi) is 6.18. The summed E-state index contributed by atoms with van der Waals surface area (Å²) in [5.41, 5.74) is 3.51. The van der Waals surface area contributed by atoms with Gasteiger partial charge in [0.05, 0.1) is 11.2 Å². The van der Waals surface area contributed by atoms with Crippen molar-refractivity contribution in [3.8, 4) is 0 Å². The summed E-state index contributed by atoms with van der Waals surface area (Å²) in [6.45, 7) is 4.26. The zero-order valence-electron chi connectivity index (χ0n) is 15.5. The minimum atomic E-state index is -0.726. The lowest BCUT2D eigenvalue weighted by Gasteiger charge is -2.31. The molecule has 0 aliphatic heterocycles. The molecule has 1 aliphatic rings. The number of aromatic nitrogens is 2. The van der Waals surface area contributed by atoms with Gasteiger partial charge in [-0.25, -0.2) is 9.97 Å². The van der Waals surface area contributed by atoms with Crippen LogP contribution in [0.5, 0.6) is 0 Å². The zero-order valence-corrected chi connectivity index (χ0v) is 16.3. The Hall–Kier alpha value is -1.33. The minimum absolute atomic E-state index is 0.334. The Morgan fingerprint density at radius 2 is 2.00 bits per heavy atom. The molecule has 2 unspecified atom stereocenters. The molecule has 4 nitrogen and oxygen atoms in total. The van der Waals surface area contributed by atoms with Crippen LogP contribution in [0.3, 0.4) is 0 Å². The van der Waals surface area contributed by atoms with Gasteiger partial charge in [0.1, 0.15) is 6.33 Å². The molecule has 1 heterocycles. The lowest BCUT2D eigenvalue weighted by atomic mass is 9.82. The smallest absolute Gasteiger partial charge is 0.116 e. The van der Waals surface area contributed by atoms with E-state index in [0.717, 1.165) is 17.7 Å². The number of benzene rings is 1. The highest BCUT2D eigenvalue weighted by molar-refractivity contribution is 7.84. The fourth-order valence-electron chi connectivity index (χ4n) is 4.00. The molecule has 25 heavy (non-hydrogen) atoms. The second-order valence-electron chi connectivity index (χ2n) is 7.57. The third kappa shape index (κ3) is 5.08. The first-order valence-corrected chi connectivity index (χ1v) is 11.0. The second kappa shape index (κ2) is 8.37. The molecule has 0 amide bonds. The second-order valence-corrected chi connectivity index (χ2v) is 9.05. The maximum absolute atomic E-state index is 11.3. The van der Waals surface area contributed by atoms with E-state index in [1.165, 1.54) is 42.3 Å². The highest BCUT2D eigenvalue weighted by Crippen LogP contribution is 2.29. The Bertz CT molecular complexity index is 741. The van der Waals surface area contributed by atoms with E-state index in [-0.39, 0.29) is 0 Å². The average Bonchev–Trinajstić information content (AvgIpc) is 2.56. The van der Waals surface area contributed by atoms with E-state index < -0.39 is 10.8 Å². The van der Waals surface area contributed by atoms with Gasteiger partial charge in [-0.1, -0.05) is 11.6 Å². The van der Waals surface area contributed by atoms with E-state index in [1.807, 2.05) is 0 Å². The highest BCUT2D eigenvalue weighted by atomic mass is 32.2. The molecule has 2 aromatic rings. The number of nitrogens with zero attached hydrogens (tertiary/aromatic N) is 2. The van der Waals surface area contributed by atoms with Crippen molar-refractivity contribution >= 4 is 21.7 Å². The lowest BCUT2D eigenvalue weighted by molar-refractivity contribution is 0.279. The molecule has 0 saturated heterocycles. The number of rotatable bonds is 6. The van der Waals surface area contributed by atoms with Crippen LogP contribution in [0.25, 0.3) is 10.9 Å². The molecule has 0 radical (unpaired) electrons. The van der Waals surface area contributed by atoms with Crippen LogP contribution in [-0.4, -0.2) is 38.3 Å². The van der Waals surface area contributed by atoms with Crippen molar-refractivity contribution in [3.63, 3.8) is 0 Å². The molecule has 136 valence electrons. The topological polar surface area (TPSA) is 54.9 Å². The molecule has 1 aromatic carbocycles. The molecule has 2 atom stereocenters. The summed E-state index contributed by atoms with van der Waals surface area (Å²) >= 11 is 0. The monoisotopic (exact) mass is 359 g/mol. The van der Waals surface area contributed by atoms with Crippen LogP contribution in [0.4, 0.5) is 0 Å². The van der Waals surface area contributed by atoms with Crippen molar-refractivity contribution in [1.29, 1.82) is 0 Å². The third-order valence-electron chi connectivity index (χ3n) is 5.21. The van der Waals surface area contributed by atoms with Crippen molar-refractivity contribution in [2.75, 3.05) is 12.0 Å². The first-order chi connectivity index (χ1) is 12.0. The first-order valence-electron chi connectivity index (χ1n) is 9.27. The van der Waals surface area contributed by atoms with Gasteiger partial charge in [0, 0.05) is 40.3 Å². The normalized spacial score (nSPS) is 23.5. The van der Waals surface area contributed by atoms with Gasteiger partial charge in [-0.05, 0) is 64.0 Å². The minimum Gasteiger partial charge on any atom is -0.311 e. The van der Waals surface area contributed by atoms with Crippen LogP contribution in [0.15, 0.2) is 24.5 Å². The molecule has 3 rings (SSSR count). The number of nitrogens with one attached hydrogen (secondary N) is 1. The van der Waals surface area contributed by atoms with Gasteiger partial charge >= 0.3 is 0 Å². The summed E-state index contributed by atoms with van der Waals surface area (Å²) in [7, 11) is -0.726. The zero-order chi connectivity index (χ0) is 17.8. The van der Waals surface area contributed by atoms with E-state index in [0.29, 0.717) is 18.0 Å². The molecule has 1 fully saturated rings. The maximum atomic E-state index is 11.3. The van der Waals surface area contributed by atoms with Crippen LogP contribution in [0, 0.1) is 12.8 Å². The molecule has 1 aromatic heterocycles. The van der Waals surface area contributed by atoms with Crippen LogP contribution in [-0.2, 0) is 17.2 Å². The average molecular weight is 360 g/mol. The summed E-state index contributed by atoms with van der Waals surface area (Å²) < 4.78 is 11.3. The molecule has 1 saturated carbocycles. The summed E-state index contributed by atoms with van der Waals surface area (Å²) in [5.74, 6) is 1.44. The summed E-state index contributed by atoms with van der Waals surface area (Å²) in [5, 5.41) is 4.86. The Labute approximate surface area is 153 Å². The van der Waals surface area contributed by atoms with Gasteiger partial charge in [0.15, 0.2) is 0 Å². The Balaban J connectivity index is 1.58. The van der Waals surface area contributed by atoms with Crippen molar-refractivity contribution in [2.24, 2.45) is 5.92 Å². The number of fused-ring (bicyclic) bond motifs is 1. The van der Waals surface area contributed by atoms with Crippen molar-refractivity contribution < 1.29 is 4.21 Å². The van der Waals surface area contributed by atoms with Gasteiger partial charge in [0.25, 0.3) is 0 Å². The van der Waals surface area contributed by atoms with E-state index in [2.05, 4.69) is 47.3 Å². The van der Waals surface area contributed by atoms with Gasteiger partial charge in [0.2, 0.25) is 0 Å². The summed E-state index contributed by atoms with van der Waals surface area (Å²) in [4.78, 5) is 8.98. The predicted octanol–water partition coefficient (Wildman–Crippen LogP) is 3.40. The number of hydrogen-bond acceptors (Lipinski definition) is 4. The largest absolute Gasteiger partial charge is 0.311 e. The van der Waals surface area contributed by atoms with E-state index in [1.54, 1.807) is 12.6 Å².